The summed E-state index contributed by atoms with van der Waals surface area (Å²) < 4.78 is 5.41. The zero-order valence-corrected chi connectivity index (χ0v) is 11.0. The van der Waals surface area contributed by atoms with E-state index < -0.39 is 0 Å². The number of rotatable bonds is 3. The van der Waals surface area contributed by atoms with Crippen LogP contribution in [0.3, 0.4) is 0 Å². The molecule has 0 aromatic carbocycles. The van der Waals surface area contributed by atoms with Crippen LogP contribution in [-0.4, -0.2) is 12.4 Å². The highest BCUT2D eigenvalue weighted by Crippen LogP contribution is 2.30. The molecule has 0 saturated carbocycles. The van der Waals surface area contributed by atoms with Gasteiger partial charge in [-0.15, -0.1) is 0 Å². The fourth-order valence-corrected chi connectivity index (χ4v) is 2.25. The van der Waals surface area contributed by atoms with Crippen molar-refractivity contribution in [2.75, 3.05) is 7.11 Å². The lowest BCUT2D eigenvalue weighted by Gasteiger charge is -2.17. The van der Waals surface area contributed by atoms with Crippen LogP contribution < -0.4 is 0 Å². The molecule has 18 heavy (non-hydrogen) atoms. The van der Waals surface area contributed by atoms with Crippen molar-refractivity contribution in [1.82, 2.24) is 0 Å². The number of carbonyl (C=O) groups is 1. The monoisotopic (exact) mass is 262 g/mol. The van der Waals surface area contributed by atoms with Crippen LogP contribution >= 0.6 is 11.6 Å². The standard InChI is InChI=1S/C15H15ClO2/c1-18-14-6-4-2-3-5-13(14)11-7-9-12(10-8-11)15(16)17/h2-3,5-7,9H,4,8,10H2,1H3. The summed E-state index contributed by atoms with van der Waals surface area (Å²) in [6, 6.07) is 0. The molecule has 2 aliphatic carbocycles. The van der Waals surface area contributed by atoms with Crippen LogP contribution in [0.2, 0.25) is 0 Å². The molecule has 0 amide bonds. The van der Waals surface area contributed by atoms with Crippen molar-refractivity contribution in [3.8, 4) is 0 Å². The fourth-order valence-electron chi connectivity index (χ4n) is 2.09. The van der Waals surface area contributed by atoms with Crippen LogP contribution in [-0.2, 0) is 9.53 Å². The SMILES string of the molecule is COC1=CCC=CC=C1C1=CC=C(C(=O)Cl)CC1. The van der Waals surface area contributed by atoms with Crippen LogP contribution in [0.5, 0.6) is 0 Å². The maximum atomic E-state index is 11.1. The molecule has 0 aromatic heterocycles. The van der Waals surface area contributed by atoms with E-state index in [0.717, 1.165) is 24.2 Å². The Morgan fingerprint density at radius 1 is 1.28 bits per heavy atom. The van der Waals surface area contributed by atoms with E-state index >= 15 is 0 Å². The first-order valence-electron chi connectivity index (χ1n) is 5.93. The van der Waals surface area contributed by atoms with Crippen LogP contribution in [0.1, 0.15) is 19.3 Å². The zero-order chi connectivity index (χ0) is 13.0. The summed E-state index contributed by atoms with van der Waals surface area (Å²) in [5.74, 6) is 0.889. The Kier molecular flexibility index (Phi) is 4.21. The van der Waals surface area contributed by atoms with Gasteiger partial charge in [-0.05, 0) is 42.5 Å². The summed E-state index contributed by atoms with van der Waals surface area (Å²) >= 11 is 5.47. The van der Waals surface area contributed by atoms with Gasteiger partial charge in [0.15, 0.2) is 0 Å². The van der Waals surface area contributed by atoms with E-state index in [9.17, 15) is 4.79 Å². The lowest BCUT2D eigenvalue weighted by molar-refractivity contribution is -0.108. The number of carbonyl (C=O) groups excluding carboxylic acids is 1. The first-order valence-corrected chi connectivity index (χ1v) is 6.31. The second-order valence-corrected chi connectivity index (χ2v) is 4.52. The molecule has 0 aromatic rings. The molecule has 0 radical (unpaired) electrons. The lowest BCUT2D eigenvalue weighted by Crippen LogP contribution is -2.03. The van der Waals surface area contributed by atoms with E-state index in [-0.39, 0.29) is 5.24 Å². The van der Waals surface area contributed by atoms with Crippen molar-refractivity contribution >= 4 is 16.8 Å². The first kappa shape index (κ1) is 12.9. The van der Waals surface area contributed by atoms with Crippen molar-refractivity contribution in [1.29, 1.82) is 0 Å². The molecule has 2 nitrogen and oxygen atoms in total. The Morgan fingerprint density at radius 3 is 2.72 bits per heavy atom. The van der Waals surface area contributed by atoms with Gasteiger partial charge in [0, 0.05) is 11.1 Å². The van der Waals surface area contributed by atoms with Gasteiger partial charge in [-0.25, -0.2) is 0 Å². The van der Waals surface area contributed by atoms with Gasteiger partial charge < -0.3 is 4.74 Å². The molecule has 0 bridgehead atoms. The highest BCUT2D eigenvalue weighted by Gasteiger charge is 2.16. The van der Waals surface area contributed by atoms with Gasteiger partial charge in [0.1, 0.15) is 5.76 Å². The second-order valence-electron chi connectivity index (χ2n) is 4.17. The topological polar surface area (TPSA) is 26.3 Å². The first-order chi connectivity index (χ1) is 8.72. The van der Waals surface area contributed by atoms with Crippen molar-refractivity contribution in [2.45, 2.75) is 19.3 Å². The molecule has 0 atom stereocenters. The fraction of sp³-hybridized carbons (Fsp3) is 0.267. The predicted octanol–water partition coefficient (Wildman–Crippen LogP) is 3.82. The molecule has 2 rings (SSSR count). The van der Waals surface area contributed by atoms with Crippen molar-refractivity contribution in [3.63, 3.8) is 0 Å². The van der Waals surface area contributed by atoms with Gasteiger partial charge in [-0.3, -0.25) is 4.79 Å². The summed E-state index contributed by atoms with van der Waals surface area (Å²) in [6.45, 7) is 0. The molecule has 0 fully saturated rings. The van der Waals surface area contributed by atoms with Crippen LogP contribution in [0.25, 0.3) is 0 Å². The Morgan fingerprint density at radius 2 is 2.11 bits per heavy atom. The minimum atomic E-state index is -0.359. The number of methoxy groups -OCH3 is 1. The number of hydrogen-bond donors (Lipinski definition) is 0. The average Bonchev–Trinajstić information content (AvgIpc) is 2.63. The molecule has 0 heterocycles. The Labute approximate surface area is 112 Å². The molecule has 0 saturated heterocycles. The van der Waals surface area contributed by atoms with Gasteiger partial charge in [0.05, 0.1) is 7.11 Å². The summed E-state index contributed by atoms with van der Waals surface area (Å²) in [7, 11) is 1.68. The van der Waals surface area contributed by atoms with Crippen molar-refractivity contribution < 1.29 is 9.53 Å². The Hall–Kier alpha value is -1.54. The summed E-state index contributed by atoms with van der Waals surface area (Å²) in [5, 5.41) is -0.359. The van der Waals surface area contributed by atoms with Gasteiger partial charge >= 0.3 is 0 Å². The van der Waals surface area contributed by atoms with E-state index in [2.05, 4.69) is 18.2 Å². The maximum absolute atomic E-state index is 11.1. The molecule has 0 spiro atoms. The zero-order valence-electron chi connectivity index (χ0n) is 10.3. The third-order valence-corrected chi connectivity index (χ3v) is 3.31. The summed E-state index contributed by atoms with van der Waals surface area (Å²) in [6.07, 6.45) is 14.4. The van der Waals surface area contributed by atoms with E-state index in [1.165, 1.54) is 5.57 Å². The molecular weight excluding hydrogens is 248 g/mol. The molecule has 2 aliphatic rings. The third-order valence-electron chi connectivity index (χ3n) is 3.07. The highest BCUT2D eigenvalue weighted by molar-refractivity contribution is 6.67. The van der Waals surface area contributed by atoms with Crippen LogP contribution in [0.4, 0.5) is 0 Å². The largest absolute Gasteiger partial charge is 0.496 e. The normalized spacial score (nSPS) is 19.2. The van der Waals surface area contributed by atoms with Gasteiger partial charge in [0.2, 0.25) is 5.24 Å². The molecule has 0 aliphatic heterocycles. The summed E-state index contributed by atoms with van der Waals surface area (Å²) in [4.78, 5) is 11.1. The van der Waals surface area contributed by atoms with Crippen LogP contribution in [0.15, 0.2) is 58.9 Å². The lowest BCUT2D eigenvalue weighted by atomic mass is 9.92. The third kappa shape index (κ3) is 2.82. The molecule has 0 N–H and O–H groups in total. The second kappa shape index (κ2) is 5.87. The Balaban J connectivity index is 2.29. The van der Waals surface area contributed by atoms with Crippen molar-refractivity contribution in [2.24, 2.45) is 0 Å². The van der Waals surface area contributed by atoms with Gasteiger partial charge in [-0.2, -0.15) is 0 Å². The van der Waals surface area contributed by atoms with E-state index in [0.29, 0.717) is 12.0 Å². The average molecular weight is 263 g/mol. The molecular formula is C15H15ClO2. The molecule has 94 valence electrons. The maximum Gasteiger partial charge on any atom is 0.248 e. The molecule has 0 unspecified atom stereocenters. The van der Waals surface area contributed by atoms with Crippen molar-refractivity contribution in [3.05, 3.63) is 58.9 Å². The number of halogens is 1. The number of allylic oxidation sites excluding steroid dienone is 8. The number of hydrogen-bond acceptors (Lipinski definition) is 2. The van der Waals surface area contributed by atoms with E-state index in [1.807, 2.05) is 12.2 Å². The predicted molar refractivity (Wildman–Crippen MR) is 73.2 cm³/mol. The van der Waals surface area contributed by atoms with Gasteiger partial charge in [-0.1, -0.05) is 30.4 Å². The minimum absolute atomic E-state index is 0.359. The smallest absolute Gasteiger partial charge is 0.248 e. The van der Waals surface area contributed by atoms with Crippen LogP contribution in [0, 0.1) is 0 Å². The Bertz CT molecular complexity index is 505. The van der Waals surface area contributed by atoms with E-state index in [1.54, 1.807) is 13.2 Å². The number of ether oxygens (including phenoxy) is 1. The van der Waals surface area contributed by atoms with E-state index in [4.69, 9.17) is 16.3 Å². The quantitative estimate of drug-likeness (QED) is 0.723. The molecule has 3 heteroatoms. The minimum Gasteiger partial charge on any atom is -0.496 e. The van der Waals surface area contributed by atoms with Gasteiger partial charge in [0.25, 0.3) is 0 Å². The summed E-state index contributed by atoms with van der Waals surface area (Å²) in [5.41, 5.74) is 2.94. The highest BCUT2D eigenvalue weighted by atomic mass is 35.5.